The molecule has 1 aromatic heterocycles. The first-order valence-electron chi connectivity index (χ1n) is 9.02. The second-order valence-electron chi connectivity index (χ2n) is 6.69. The smallest absolute Gasteiger partial charge is 0.297 e. The standard InChI is InChI=1S/C19H16F4N4O2S/c20-14-6-5-12(11-15(14)21)30(28,29)27-9-7-26(8-10-27)19-13-3-1-2-4-16(13)24-18(25-19)17(22)23/h1-6,11,17H,7-10H2. The Morgan fingerprint density at radius 2 is 1.60 bits per heavy atom. The average Bonchev–Trinajstić information content (AvgIpc) is 2.74. The number of rotatable bonds is 4. The summed E-state index contributed by atoms with van der Waals surface area (Å²) in [5, 5.41) is 0.582. The number of nitrogens with zero attached hydrogens (tertiary/aromatic N) is 4. The third-order valence-corrected chi connectivity index (χ3v) is 6.76. The molecule has 0 atom stereocenters. The van der Waals surface area contributed by atoms with Gasteiger partial charge in [0.25, 0.3) is 6.43 Å². The highest BCUT2D eigenvalue weighted by Gasteiger charge is 2.30. The zero-order chi connectivity index (χ0) is 21.5. The lowest BCUT2D eigenvalue weighted by Gasteiger charge is -2.35. The zero-order valence-corrected chi connectivity index (χ0v) is 16.3. The molecule has 0 unspecified atom stereocenters. The molecule has 3 aromatic rings. The second kappa shape index (κ2) is 7.80. The summed E-state index contributed by atoms with van der Waals surface area (Å²) < 4.78 is 79.7. The molecule has 0 saturated carbocycles. The van der Waals surface area contributed by atoms with Crippen LogP contribution in [0.5, 0.6) is 0 Å². The van der Waals surface area contributed by atoms with Crippen LogP contribution in [0.15, 0.2) is 47.4 Å². The fourth-order valence-electron chi connectivity index (χ4n) is 3.34. The molecule has 1 aliphatic heterocycles. The van der Waals surface area contributed by atoms with E-state index in [9.17, 15) is 26.0 Å². The number of sulfonamides is 1. The highest BCUT2D eigenvalue weighted by molar-refractivity contribution is 7.89. The van der Waals surface area contributed by atoms with Gasteiger partial charge in [-0.3, -0.25) is 0 Å². The van der Waals surface area contributed by atoms with E-state index in [1.165, 1.54) is 0 Å². The molecule has 158 valence electrons. The molecule has 11 heteroatoms. The van der Waals surface area contributed by atoms with Gasteiger partial charge in [-0.25, -0.2) is 35.9 Å². The molecule has 30 heavy (non-hydrogen) atoms. The molecule has 1 fully saturated rings. The van der Waals surface area contributed by atoms with E-state index in [0.29, 0.717) is 22.8 Å². The molecule has 2 aromatic carbocycles. The lowest BCUT2D eigenvalue weighted by molar-refractivity contribution is 0.141. The van der Waals surface area contributed by atoms with Gasteiger partial charge in [0, 0.05) is 31.6 Å². The Balaban J connectivity index is 1.60. The molecule has 0 radical (unpaired) electrons. The SMILES string of the molecule is O=S(=O)(c1ccc(F)c(F)c1)N1CCN(c2nc(C(F)F)nc3ccccc23)CC1. The van der Waals surface area contributed by atoms with Gasteiger partial charge in [0.2, 0.25) is 10.0 Å². The fraction of sp³-hybridized carbons (Fsp3) is 0.263. The van der Waals surface area contributed by atoms with Crippen LogP contribution in [0.4, 0.5) is 23.4 Å². The van der Waals surface area contributed by atoms with Gasteiger partial charge >= 0.3 is 0 Å². The number of anilines is 1. The van der Waals surface area contributed by atoms with E-state index in [1.54, 1.807) is 29.2 Å². The highest BCUT2D eigenvalue weighted by atomic mass is 32.2. The van der Waals surface area contributed by atoms with Crippen molar-refractivity contribution >= 4 is 26.7 Å². The van der Waals surface area contributed by atoms with Crippen LogP contribution in [0.1, 0.15) is 12.2 Å². The molecule has 1 aliphatic rings. The summed E-state index contributed by atoms with van der Waals surface area (Å²) in [7, 11) is -4.02. The molecule has 0 aliphatic carbocycles. The average molecular weight is 440 g/mol. The topological polar surface area (TPSA) is 66.4 Å². The number of hydrogen-bond donors (Lipinski definition) is 0. The van der Waals surface area contributed by atoms with E-state index in [1.807, 2.05) is 0 Å². The summed E-state index contributed by atoms with van der Waals surface area (Å²) in [6.07, 6.45) is -2.84. The molecular formula is C19H16F4N4O2S. The van der Waals surface area contributed by atoms with Crippen molar-refractivity contribution in [2.24, 2.45) is 0 Å². The van der Waals surface area contributed by atoms with Crippen molar-refractivity contribution in [1.82, 2.24) is 14.3 Å². The number of hydrogen-bond acceptors (Lipinski definition) is 5. The monoisotopic (exact) mass is 440 g/mol. The molecule has 0 amide bonds. The summed E-state index contributed by atoms with van der Waals surface area (Å²) >= 11 is 0. The number of aromatic nitrogens is 2. The van der Waals surface area contributed by atoms with Crippen molar-refractivity contribution in [2.75, 3.05) is 31.1 Å². The van der Waals surface area contributed by atoms with Crippen molar-refractivity contribution in [2.45, 2.75) is 11.3 Å². The van der Waals surface area contributed by atoms with Crippen LogP contribution >= 0.6 is 0 Å². The molecule has 1 saturated heterocycles. The van der Waals surface area contributed by atoms with Crippen LogP contribution in [0.25, 0.3) is 10.9 Å². The number of alkyl halides is 2. The molecular weight excluding hydrogens is 424 g/mol. The van der Waals surface area contributed by atoms with Gasteiger partial charge < -0.3 is 4.90 Å². The molecule has 0 bridgehead atoms. The number of benzene rings is 2. The van der Waals surface area contributed by atoms with E-state index >= 15 is 0 Å². The van der Waals surface area contributed by atoms with Gasteiger partial charge in [0.05, 0.1) is 10.4 Å². The number of fused-ring (bicyclic) bond motifs is 1. The predicted molar refractivity (Wildman–Crippen MR) is 102 cm³/mol. The second-order valence-corrected chi connectivity index (χ2v) is 8.63. The van der Waals surface area contributed by atoms with Crippen LogP contribution < -0.4 is 4.90 Å². The van der Waals surface area contributed by atoms with E-state index in [4.69, 9.17) is 0 Å². The Bertz CT molecular complexity index is 1200. The Kier molecular flexibility index (Phi) is 5.33. The van der Waals surface area contributed by atoms with Crippen LogP contribution in [0.3, 0.4) is 0 Å². The number of piperazine rings is 1. The number of halogens is 4. The van der Waals surface area contributed by atoms with Crippen molar-refractivity contribution in [1.29, 1.82) is 0 Å². The number of para-hydroxylation sites is 1. The van der Waals surface area contributed by atoms with Crippen molar-refractivity contribution in [3.63, 3.8) is 0 Å². The van der Waals surface area contributed by atoms with E-state index in [2.05, 4.69) is 9.97 Å². The van der Waals surface area contributed by atoms with Gasteiger partial charge in [-0.05, 0) is 30.3 Å². The Labute approximate surface area is 169 Å². The molecule has 6 nitrogen and oxygen atoms in total. The summed E-state index contributed by atoms with van der Waals surface area (Å²) in [6, 6.07) is 9.15. The van der Waals surface area contributed by atoms with Gasteiger partial charge in [0.1, 0.15) is 5.82 Å². The van der Waals surface area contributed by atoms with Crippen LogP contribution in [-0.4, -0.2) is 48.9 Å². The maximum absolute atomic E-state index is 13.5. The van der Waals surface area contributed by atoms with E-state index in [-0.39, 0.29) is 31.1 Å². The lowest BCUT2D eigenvalue weighted by atomic mass is 10.2. The minimum atomic E-state index is -4.02. The van der Waals surface area contributed by atoms with Crippen molar-refractivity contribution < 1.29 is 26.0 Å². The summed E-state index contributed by atoms with van der Waals surface area (Å²) in [4.78, 5) is 9.25. The summed E-state index contributed by atoms with van der Waals surface area (Å²) in [5.74, 6) is -2.67. The third-order valence-electron chi connectivity index (χ3n) is 4.86. The van der Waals surface area contributed by atoms with Gasteiger partial charge in [0.15, 0.2) is 17.5 Å². The maximum Gasteiger partial charge on any atom is 0.297 e. The molecule has 2 heterocycles. The largest absolute Gasteiger partial charge is 0.353 e. The van der Waals surface area contributed by atoms with Crippen molar-refractivity contribution in [3.05, 3.63) is 59.9 Å². The molecule has 0 spiro atoms. The summed E-state index contributed by atoms with van der Waals surface area (Å²) in [5.41, 5.74) is 0.370. The zero-order valence-electron chi connectivity index (χ0n) is 15.5. The highest BCUT2D eigenvalue weighted by Crippen LogP contribution is 2.29. The van der Waals surface area contributed by atoms with Crippen LogP contribution in [-0.2, 0) is 10.0 Å². The normalized spacial score (nSPS) is 15.8. The summed E-state index contributed by atoms with van der Waals surface area (Å²) in [6.45, 7) is 0.437. The van der Waals surface area contributed by atoms with Gasteiger partial charge in [-0.15, -0.1) is 0 Å². The van der Waals surface area contributed by atoms with E-state index in [0.717, 1.165) is 16.4 Å². The third kappa shape index (κ3) is 3.70. The van der Waals surface area contributed by atoms with E-state index < -0.39 is 33.9 Å². The minimum Gasteiger partial charge on any atom is -0.353 e. The maximum atomic E-state index is 13.5. The first-order valence-corrected chi connectivity index (χ1v) is 10.5. The van der Waals surface area contributed by atoms with Gasteiger partial charge in [-0.1, -0.05) is 12.1 Å². The predicted octanol–water partition coefficient (Wildman–Crippen LogP) is 3.36. The Hall–Kier alpha value is -2.79. The van der Waals surface area contributed by atoms with Crippen molar-refractivity contribution in [3.8, 4) is 0 Å². The Morgan fingerprint density at radius 3 is 2.27 bits per heavy atom. The molecule has 4 rings (SSSR count). The first-order chi connectivity index (χ1) is 14.3. The fourth-order valence-corrected chi connectivity index (χ4v) is 4.78. The van der Waals surface area contributed by atoms with Gasteiger partial charge in [-0.2, -0.15) is 4.31 Å². The first kappa shape index (κ1) is 20.5. The molecule has 0 N–H and O–H groups in total. The van der Waals surface area contributed by atoms with Crippen LogP contribution in [0, 0.1) is 11.6 Å². The Morgan fingerprint density at radius 1 is 0.900 bits per heavy atom. The van der Waals surface area contributed by atoms with Crippen LogP contribution in [0.2, 0.25) is 0 Å². The lowest BCUT2D eigenvalue weighted by Crippen LogP contribution is -2.49. The quantitative estimate of drug-likeness (QED) is 0.582. The minimum absolute atomic E-state index is 0.0314.